The van der Waals surface area contributed by atoms with Crippen LogP contribution < -0.4 is 15.4 Å². The molecule has 1 aliphatic carbocycles. The monoisotopic (exact) mass is 459 g/mol. The summed E-state index contributed by atoms with van der Waals surface area (Å²) in [6.45, 7) is 3.88. The van der Waals surface area contributed by atoms with Crippen LogP contribution >= 0.6 is 15.9 Å². The zero-order valence-corrected chi connectivity index (χ0v) is 16.6. The van der Waals surface area contributed by atoms with Crippen LogP contribution in [0, 0.1) is 0 Å². The van der Waals surface area contributed by atoms with Crippen LogP contribution in [0.15, 0.2) is 27.2 Å². The number of carbonyl (C=O) groups is 1. The highest BCUT2D eigenvalue weighted by Gasteiger charge is 2.66. The second-order valence-electron chi connectivity index (χ2n) is 7.68. The molecule has 2 aromatic rings. The molecule has 0 bridgehead atoms. The first-order valence-electron chi connectivity index (χ1n) is 8.63. The maximum Gasteiger partial charge on any atom is 0.401 e. The lowest BCUT2D eigenvalue weighted by molar-refractivity contribution is -0.165. The zero-order chi connectivity index (χ0) is 20.3. The Morgan fingerprint density at radius 2 is 1.96 bits per heavy atom. The number of hydrogen-bond donors (Lipinski definition) is 2. The lowest BCUT2D eigenvalue weighted by Crippen LogP contribution is -2.28. The van der Waals surface area contributed by atoms with Crippen molar-refractivity contribution in [2.24, 2.45) is 0 Å². The number of halogens is 4. The van der Waals surface area contributed by atoms with Gasteiger partial charge in [0.2, 0.25) is 0 Å². The number of nitrogens with one attached hydrogen (secondary N) is 2. The quantitative estimate of drug-likeness (QED) is 0.644. The molecule has 6 nitrogen and oxygen atoms in total. The van der Waals surface area contributed by atoms with Crippen LogP contribution in [0.2, 0.25) is 0 Å². The number of ether oxygens (including phenoxy) is 1. The molecule has 0 spiro atoms. The van der Waals surface area contributed by atoms with Crippen LogP contribution in [0.4, 0.5) is 29.5 Å². The van der Waals surface area contributed by atoms with Gasteiger partial charge in [0.1, 0.15) is 16.8 Å². The molecule has 1 fully saturated rings. The van der Waals surface area contributed by atoms with Gasteiger partial charge in [0.05, 0.1) is 5.69 Å². The van der Waals surface area contributed by atoms with E-state index in [-0.39, 0.29) is 24.4 Å². The summed E-state index contributed by atoms with van der Waals surface area (Å²) in [4.78, 5) is 12.3. The fourth-order valence-corrected chi connectivity index (χ4v) is 3.80. The van der Waals surface area contributed by atoms with E-state index in [1.807, 2.05) is 13.8 Å². The van der Waals surface area contributed by atoms with Gasteiger partial charge in [0.15, 0.2) is 11.6 Å². The number of anilines is 2. The Morgan fingerprint density at radius 1 is 1.25 bits per heavy atom. The smallest absolute Gasteiger partial charge is 0.401 e. The van der Waals surface area contributed by atoms with Gasteiger partial charge in [-0.3, -0.25) is 5.32 Å². The normalized spacial score (nSPS) is 18.9. The molecule has 10 heteroatoms. The minimum Gasteiger partial charge on any atom is -0.485 e. The van der Waals surface area contributed by atoms with Crippen molar-refractivity contribution in [1.29, 1.82) is 0 Å². The molecule has 1 aromatic heterocycles. The number of alkyl halides is 3. The van der Waals surface area contributed by atoms with Crippen molar-refractivity contribution >= 4 is 33.5 Å². The Balaban J connectivity index is 1.48. The predicted molar refractivity (Wildman–Crippen MR) is 98.7 cm³/mol. The molecule has 0 unspecified atom stereocenters. The molecule has 28 heavy (non-hydrogen) atoms. The van der Waals surface area contributed by atoms with E-state index in [0.29, 0.717) is 17.9 Å². The molecule has 2 amide bonds. The van der Waals surface area contributed by atoms with Crippen LogP contribution in [0.5, 0.6) is 5.75 Å². The second-order valence-corrected chi connectivity index (χ2v) is 8.53. The first-order valence-corrected chi connectivity index (χ1v) is 9.42. The van der Waals surface area contributed by atoms with E-state index < -0.39 is 23.2 Å². The Morgan fingerprint density at radius 3 is 2.61 bits per heavy atom. The Kier molecular flexibility index (Phi) is 4.18. The summed E-state index contributed by atoms with van der Waals surface area (Å²) in [6, 6.07) is 3.94. The standard InChI is InChI=1S/C18H17BrF3N3O3/c1-16(2)8-9-10(19)3-4-11(14(9)27-16)23-15(26)24-13-7-12(28-25-13)17(5-6-17)18(20,21)22/h3-4,7H,5-6,8H2,1-2H3,(H2,23,24,25,26). The predicted octanol–water partition coefficient (Wildman–Crippen LogP) is 5.39. The Labute approximate surface area is 166 Å². The molecule has 0 saturated heterocycles. The summed E-state index contributed by atoms with van der Waals surface area (Å²) in [5.74, 6) is 0.187. The molecule has 2 N–H and O–H groups in total. The lowest BCUT2D eigenvalue weighted by Gasteiger charge is -2.18. The molecule has 1 saturated carbocycles. The Bertz CT molecular complexity index is 951. The number of aromatic nitrogens is 1. The van der Waals surface area contributed by atoms with E-state index in [1.165, 1.54) is 0 Å². The second kappa shape index (κ2) is 6.13. The summed E-state index contributed by atoms with van der Waals surface area (Å²) >= 11 is 3.47. The van der Waals surface area contributed by atoms with E-state index in [1.54, 1.807) is 12.1 Å². The molecular weight excluding hydrogens is 443 g/mol. The van der Waals surface area contributed by atoms with Crippen molar-refractivity contribution in [3.8, 4) is 5.75 Å². The van der Waals surface area contributed by atoms with Gasteiger partial charge in [0.25, 0.3) is 0 Å². The van der Waals surface area contributed by atoms with Gasteiger partial charge in [-0.1, -0.05) is 21.1 Å². The topological polar surface area (TPSA) is 76.4 Å². The van der Waals surface area contributed by atoms with E-state index >= 15 is 0 Å². The summed E-state index contributed by atoms with van der Waals surface area (Å²) in [5, 5.41) is 8.59. The van der Waals surface area contributed by atoms with Crippen LogP contribution in [0.3, 0.4) is 0 Å². The van der Waals surface area contributed by atoms with Gasteiger partial charge in [-0.2, -0.15) is 13.2 Å². The molecule has 4 rings (SSSR count). The van der Waals surface area contributed by atoms with Crippen LogP contribution in [-0.2, 0) is 11.8 Å². The first kappa shape index (κ1) is 19.1. The average molecular weight is 460 g/mol. The van der Waals surface area contributed by atoms with E-state index in [0.717, 1.165) is 16.1 Å². The van der Waals surface area contributed by atoms with Crippen molar-refractivity contribution < 1.29 is 27.2 Å². The van der Waals surface area contributed by atoms with E-state index in [4.69, 9.17) is 9.26 Å². The summed E-state index contributed by atoms with van der Waals surface area (Å²) in [7, 11) is 0. The maximum atomic E-state index is 13.2. The number of amides is 2. The first-order chi connectivity index (χ1) is 13.0. The third-order valence-corrected chi connectivity index (χ3v) is 5.69. The minimum atomic E-state index is -4.41. The highest BCUT2D eigenvalue weighted by Crippen LogP contribution is 2.59. The van der Waals surface area contributed by atoms with Crippen LogP contribution in [-0.4, -0.2) is 23.0 Å². The van der Waals surface area contributed by atoms with E-state index in [9.17, 15) is 18.0 Å². The molecule has 2 heterocycles. The lowest BCUT2D eigenvalue weighted by atomic mass is 10.0. The van der Waals surface area contributed by atoms with Crippen LogP contribution in [0.1, 0.15) is 38.0 Å². The molecule has 1 aromatic carbocycles. The molecule has 150 valence electrons. The van der Waals surface area contributed by atoms with Gasteiger partial charge in [-0.15, -0.1) is 0 Å². The number of fused-ring (bicyclic) bond motifs is 1. The summed E-state index contributed by atoms with van der Waals surface area (Å²) in [6.07, 6.45) is -3.83. The zero-order valence-electron chi connectivity index (χ0n) is 15.0. The maximum absolute atomic E-state index is 13.2. The molecule has 0 atom stereocenters. The van der Waals surface area contributed by atoms with Crippen molar-refractivity contribution in [3.63, 3.8) is 0 Å². The summed E-state index contributed by atoms with van der Waals surface area (Å²) in [5.41, 5.74) is -0.995. The van der Waals surface area contributed by atoms with Gasteiger partial charge in [-0.05, 0) is 38.8 Å². The fourth-order valence-electron chi connectivity index (χ4n) is 3.35. The van der Waals surface area contributed by atoms with Crippen molar-refractivity contribution in [2.75, 3.05) is 10.6 Å². The van der Waals surface area contributed by atoms with Crippen molar-refractivity contribution in [2.45, 2.75) is 50.3 Å². The van der Waals surface area contributed by atoms with Crippen molar-refractivity contribution in [1.82, 2.24) is 5.16 Å². The molecule has 1 aliphatic heterocycles. The number of urea groups is 1. The van der Waals surface area contributed by atoms with Gasteiger partial charge >= 0.3 is 12.2 Å². The number of hydrogen-bond acceptors (Lipinski definition) is 4. The third kappa shape index (κ3) is 3.23. The highest BCUT2D eigenvalue weighted by atomic mass is 79.9. The largest absolute Gasteiger partial charge is 0.485 e. The van der Waals surface area contributed by atoms with Gasteiger partial charge < -0.3 is 14.6 Å². The Hall–Kier alpha value is -2.23. The molecule has 0 radical (unpaired) electrons. The van der Waals surface area contributed by atoms with Crippen LogP contribution in [0.25, 0.3) is 0 Å². The van der Waals surface area contributed by atoms with Crippen molar-refractivity contribution in [3.05, 3.63) is 34.0 Å². The fraction of sp³-hybridized carbons (Fsp3) is 0.444. The number of carbonyl (C=O) groups excluding carboxylic acids is 1. The SMILES string of the molecule is CC1(C)Cc2c(Br)ccc(NC(=O)Nc3cc(C4(C(F)(F)F)CC4)on3)c2O1. The van der Waals surface area contributed by atoms with Gasteiger partial charge in [-0.25, -0.2) is 4.79 Å². The third-order valence-electron chi connectivity index (χ3n) is 4.95. The number of rotatable bonds is 3. The van der Waals surface area contributed by atoms with E-state index in [2.05, 4.69) is 31.7 Å². The van der Waals surface area contributed by atoms with Gasteiger partial charge in [0, 0.05) is 22.5 Å². The number of nitrogens with zero attached hydrogens (tertiary/aromatic N) is 1. The summed E-state index contributed by atoms with van der Waals surface area (Å²) < 4.78 is 51.1. The molecule has 2 aliphatic rings. The number of benzene rings is 1. The minimum absolute atomic E-state index is 0.0461. The molecular formula is C18H17BrF3N3O3. The average Bonchev–Trinajstić information content (AvgIpc) is 3.17. The highest BCUT2D eigenvalue weighted by molar-refractivity contribution is 9.10.